The lowest BCUT2D eigenvalue weighted by molar-refractivity contribution is 0.469. The fraction of sp³-hybridized carbons (Fsp3) is 0.333. The van der Waals surface area contributed by atoms with Gasteiger partial charge in [0.15, 0.2) is 0 Å². The highest BCUT2D eigenvalue weighted by Gasteiger charge is 2.24. The molecule has 0 amide bonds. The second-order valence-corrected chi connectivity index (χ2v) is 5.97. The number of hydrogen-bond acceptors (Lipinski definition) is 3. The summed E-state index contributed by atoms with van der Waals surface area (Å²) in [5.41, 5.74) is 5.95. The minimum atomic E-state index is 0.288. The molecule has 0 saturated carbocycles. The first-order chi connectivity index (χ1) is 10.1. The molecule has 0 saturated heterocycles. The maximum Gasteiger partial charge on any atom is 0.119 e. The zero-order valence-corrected chi connectivity index (χ0v) is 12.9. The summed E-state index contributed by atoms with van der Waals surface area (Å²) in [5.74, 6) is 0.427. The number of anilines is 2. The van der Waals surface area contributed by atoms with Crippen molar-refractivity contribution >= 4 is 11.4 Å². The van der Waals surface area contributed by atoms with E-state index in [0.717, 1.165) is 18.4 Å². The molecule has 2 aromatic carbocycles. The average Bonchev–Trinajstić information content (AvgIpc) is 2.85. The molecular formula is C18H22N2O. The molecule has 1 aliphatic rings. The molecule has 2 N–H and O–H groups in total. The molecule has 0 bridgehead atoms. The van der Waals surface area contributed by atoms with Crippen LogP contribution in [0.25, 0.3) is 0 Å². The Labute approximate surface area is 126 Å². The van der Waals surface area contributed by atoms with Crippen molar-refractivity contribution in [1.82, 2.24) is 0 Å². The molecule has 0 fully saturated rings. The summed E-state index contributed by atoms with van der Waals surface area (Å²) in [5, 5.41) is 13.6. The van der Waals surface area contributed by atoms with E-state index in [1.165, 1.54) is 22.5 Å². The number of hydrogen-bond donors (Lipinski definition) is 2. The van der Waals surface area contributed by atoms with Gasteiger partial charge in [-0.25, -0.2) is 0 Å². The lowest BCUT2D eigenvalue weighted by Crippen LogP contribution is -2.11. The van der Waals surface area contributed by atoms with Crippen molar-refractivity contribution in [2.24, 2.45) is 0 Å². The molecule has 1 aliphatic carbocycles. The number of aryl methyl sites for hydroxylation is 1. The van der Waals surface area contributed by atoms with Crippen LogP contribution in [0.2, 0.25) is 0 Å². The highest BCUT2D eigenvalue weighted by Crippen LogP contribution is 2.38. The number of fused-ring (bicyclic) bond motifs is 1. The van der Waals surface area contributed by atoms with Crippen LogP contribution in [0, 0.1) is 6.92 Å². The molecule has 0 aromatic heterocycles. The second-order valence-electron chi connectivity index (χ2n) is 5.97. The maximum atomic E-state index is 9.93. The molecule has 0 aliphatic heterocycles. The Morgan fingerprint density at radius 3 is 2.71 bits per heavy atom. The van der Waals surface area contributed by atoms with Crippen LogP contribution in [-0.2, 0) is 6.42 Å². The Balaban J connectivity index is 1.85. The van der Waals surface area contributed by atoms with E-state index >= 15 is 0 Å². The third-order valence-corrected chi connectivity index (χ3v) is 4.30. The van der Waals surface area contributed by atoms with Crippen LogP contribution in [0.5, 0.6) is 5.75 Å². The summed E-state index contributed by atoms with van der Waals surface area (Å²) in [7, 11) is 4.11. The predicted octanol–water partition coefficient (Wildman–Crippen LogP) is 3.87. The fourth-order valence-electron chi connectivity index (χ4n) is 3.06. The van der Waals surface area contributed by atoms with Crippen molar-refractivity contribution < 1.29 is 5.11 Å². The molecule has 0 radical (unpaired) electrons. The number of phenols is 1. The number of benzene rings is 2. The minimum absolute atomic E-state index is 0.288. The molecular weight excluding hydrogens is 260 g/mol. The predicted molar refractivity (Wildman–Crippen MR) is 88.3 cm³/mol. The topological polar surface area (TPSA) is 35.5 Å². The van der Waals surface area contributed by atoms with Gasteiger partial charge in [0.05, 0.1) is 6.04 Å². The SMILES string of the molecule is Cc1cc(N(C)C)ccc1NC1CCc2c(O)cccc21. The van der Waals surface area contributed by atoms with Crippen molar-refractivity contribution in [3.63, 3.8) is 0 Å². The molecule has 110 valence electrons. The molecule has 2 aromatic rings. The first-order valence-corrected chi connectivity index (χ1v) is 7.41. The lowest BCUT2D eigenvalue weighted by Gasteiger charge is -2.20. The van der Waals surface area contributed by atoms with Crippen LogP contribution in [0.1, 0.15) is 29.2 Å². The Hall–Kier alpha value is -2.16. The number of rotatable bonds is 3. The molecule has 0 heterocycles. The highest BCUT2D eigenvalue weighted by atomic mass is 16.3. The molecule has 1 unspecified atom stereocenters. The van der Waals surface area contributed by atoms with E-state index in [1.54, 1.807) is 6.07 Å². The summed E-state index contributed by atoms with van der Waals surface area (Å²) < 4.78 is 0. The van der Waals surface area contributed by atoms with Gasteiger partial charge in [0, 0.05) is 25.5 Å². The van der Waals surface area contributed by atoms with Gasteiger partial charge in [-0.1, -0.05) is 12.1 Å². The zero-order valence-electron chi connectivity index (χ0n) is 12.9. The Kier molecular flexibility index (Phi) is 3.50. The van der Waals surface area contributed by atoms with Gasteiger partial charge >= 0.3 is 0 Å². The third kappa shape index (κ3) is 2.56. The Morgan fingerprint density at radius 2 is 2.00 bits per heavy atom. The van der Waals surface area contributed by atoms with Crippen LogP contribution in [0.3, 0.4) is 0 Å². The van der Waals surface area contributed by atoms with Gasteiger partial charge in [0.25, 0.3) is 0 Å². The number of aromatic hydroxyl groups is 1. The van der Waals surface area contributed by atoms with Crippen molar-refractivity contribution in [1.29, 1.82) is 0 Å². The van der Waals surface area contributed by atoms with E-state index < -0.39 is 0 Å². The Morgan fingerprint density at radius 1 is 1.19 bits per heavy atom. The normalized spacial score (nSPS) is 16.6. The van der Waals surface area contributed by atoms with Crippen molar-refractivity contribution in [3.05, 3.63) is 53.1 Å². The van der Waals surface area contributed by atoms with Crippen molar-refractivity contribution in [3.8, 4) is 5.75 Å². The number of phenolic OH excluding ortho intramolecular Hbond substituents is 1. The van der Waals surface area contributed by atoms with E-state index in [-0.39, 0.29) is 6.04 Å². The summed E-state index contributed by atoms with van der Waals surface area (Å²) >= 11 is 0. The fourth-order valence-corrected chi connectivity index (χ4v) is 3.06. The van der Waals surface area contributed by atoms with Crippen LogP contribution in [-0.4, -0.2) is 19.2 Å². The van der Waals surface area contributed by atoms with E-state index in [9.17, 15) is 5.11 Å². The first kappa shape index (κ1) is 13.8. The second kappa shape index (κ2) is 5.32. The van der Waals surface area contributed by atoms with Gasteiger partial charge in [-0.3, -0.25) is 0 Å². The van der Waals surface area contributed by atoms with E-state index in [1.807, 2.05) is 6.07 Å². The summed E-state index contributed by atoms with van der Waals surface area (Å²) in [6.45, 7) is 2.13. The molecule has 3 rings (SSSR count). The monoisotopic (exact) mass is 282 g/mol. The smallest absolute Gasteiger partial charge is 0.119 e. The number of nitrogens with one attached hydrogen (secondary N) is 1. The highest BCUT2D eigenvalue weighted by molar-refractivity contribution is 5.61. The molecule has 1 atom stereocenters. The van der Waals surface area contributed by atoms with E-state index in [2.05, 4.69) is 55.5 Å². The van der Waals surface area contributed by atoms with Gasteiger partial charge in [-0.2, -0.15) is 0 Å². The standard InChI is InChI=1S/C18H22N2O/c1-12-11-13(20(2)3)7-9-16(12)19-17-10-8-15-14(17)5-4-6-18(15)21/h4-7,9,11,17,19,21H,8,10H2,1-3H3. The van der Waals surface area contributed by atoms with Gasteiger partial charge in [0.2, 0.25) is 0 Å². The summed E-state index contributed by atoms with van der Waals surface area (Å²) in [6.07, 6.45) is 1.97. The summed E-state index contributed by atoms with van der Waals surface area (Å²) in [4.78, 5) is 2.11. The van der Waals surface area contributed by atoms with E-state index in [4.69, 9.17) is 0 Å². The summed E-state index contributed by atoms with van der Waals surface area (Å²) in [6, 6.07) is 12.6. The van der Waals surface area contributed by atoms with Crippen molar-refractivity contribution in [2.75, 3.05) is 24.3 Å². The quantitative estimate of drug-likeness (QED) is 0.897. The van der Waals surface area contributed by atoms with Crippen molar-refractivity contribution in [2.45, 2.75) is 25.8 Å². The van der Waals surface area contributed by atoms with Crippen LogP contribution < -0.4 is 10.2 Å². The van der Waals surface area contributed by atoms with Crippen LogP contribution in [0.15, 0.2) is 36.4 Å². The van der Waals surface area contributed by atoms with Gasteiger partial charge in [-0.15, -0.1) is 0 Å². The Bertz CT molecular complexity index is 664. The minimum Gasteiger partial charge on any atom is -0.508 e. The van der Waals surface area contributed by atoms with Gasteiger partial charge in [-0.05, 0) is 60.7 Å². The lowest BCUT2D eigenvalue weighted by atomic mass is 10.1. The molecule has 3 nitrogen and oxygen atoms in total. The first-order valence-electron chi connectivity index (χ1n) is 7.41. The average molecular weight is 282 g/mol. The molecule has 21 heavy (non-hydrogen) atoms. The molecule has 3 heteroatoms. The maximum absolute atomic E-state index is 9.93. The van der Waals surface area contributed by atoms with Crippen LogP contribution in [0.4, 0.5) is 11.4 Å². The largest absolute Gasteiger partial charge is 0.508 e. The van der Waals surface area contributed by atoms with Gasteiger partial charge < -0.3 is 15.3 Å². The zero-order chi connectivity index (χ0) is 15.0. The van der Waals surface area contributed by atoms with Crippen LogP contribution >= 0.6 is 0 Å². The molecule has 0 spiro atoms. The third-order valence-electron chi connectivity index (χ3n) is 4.30. The number of nitrogens with zero attached hydrogens (tertiary/aromatic N) is 1. The van der Waals surface area contributed by atoms with Gasteiger partial charge in [0.1, 0.15) is 5.75 Å². The van der Waals surface area contributed by atoms with E-state index in [0.29, 0.717) is 5.75 Å².